The third kappa shape index (κ3) is 3.71. The number of halogens is 1. The van der Waals surface area contributed by atoms with E-state index in [1.807, 2.05) is 36.0 Å². The summed E-state index contributed by atoms with van der Waals surface area (Å²) in [7, 11) is 0. The summed E-state index contributed by atoms with van der Waals surface area (Å²) in [5.74, 6) is 0. The average Bonchev–Trinajstić information content (AvgIpc) is 2.90. The molecule has 1 aromatic heterocycles. The second-order valence-corrected chi connectivity index (χ2v) is 5.72. The minimum Gasteiger partial charge on any atom is -0.388 e. The molecule has 0 fully saturated rings. The summed E-state index contributed by atoms with van der Waals surface area (Å²) in [4.78, 5) is 10.5. The summed E-state index contributed by atoms with van der Waals surface area (Å²) < 4.78 is 2.41. The van der Waals surface area contributed by atoms with E-state index in [-0.39, 0.29) is 5.69 Å². The van der Waals surface area contributed by atoms with Crippen LogP contribution in [0.25, 0.3) is 0 Å². The van der Waals surface area contributed by atoms with E-state index < -0.39 is 11.0 Å². The molecule has 0 saturated carbocycles. The van der Waals surface area contributed by atoms with Crippen LogP contribution >= 0.6 is 15.9 Å². The fourth-order valence-electron chi connectivity index (χ4n) is 2.22. The highest BCUT2D eigenvalue weighted by Crippen LogP contribution is 2.29. The summed E-state index contributed by atoms with van der Waals surface area (Å²) in [6.45, 7) is 2.54. The fourth-order valence-corrected chi connectivity index (χ4v) is 2.76. The maximum absolute atomic E-state index is 10.9. The first kappa shape index (κ1) is 15.7. The first-order valence-electron chi connectivity index (χ1n) is 6.78. The van der Waals surface area contributed by atoms with Gasteiger partial charge in [0.1, 0.15) is 4.47 Å². The largest absolute Gasteiger partial charge is 0.388 e. The number of aliphatic hydroxyl groups is 1. The van der Waals surface area contributed by atoms with Crippen molar-refractivity contribution in [2.24, 2.45) is 0 Å². The quantitative estimate of drug-likeness (QED) is 0.629. The van der Waals surface area contributed by atoms with Gasteiger partial charge in [0.2, 0.25) is 0 Å². The van der Waals surface area contributed by atoms with Crippen LogP contribution in [0.1, 0.15) is 37.0 Å². The Morgan fingerprint density at radius 2 is 2.19 bits per heavy atom. The van der Waals surface area contributed by atoms with Gasteiger partial charge in [0.15, 0.2) is 0 Å². The van der Waals surface area contributed by atoms with Crippen LogP contribution in [0.15, 0.2) is 41.1 Å². The predicted octanol–water partition coefficient (Wildman–Crippen LogP) is 4.04. The highest BCUT2D eigenvalue weighted by molar-refractivity contribution is 9.10. The van der Waals surface area contributed by atoms with E-state index in [0.29, 0.717) is 11.0 Å². The standard InChI is InChI=1S/C15H17BrN2O3/c1-2-4-14(19)11-7-8-17(9-11)10-12-5-3-6-13(15(12)16)18(20)21/h3,5-9,14,19H,2,4,10H2,1H3. The number of hydrogen-bond donors (Lipinski definition) is 1. The molecule has 1 aromatic carbocycles. The topological polar surface area (TPSA) is 68.3 Å². The molecule has 2 aromatic rings. The van der Waals surface area contributed by atoms with Gasteiger partial charge in [-0.05, 0) is 39.5 Å². The first-order chi connectivity index (χ1) is 10.0. The Morgan fingerprint density at radius 3 is 2.86 bits per heavy atom. The van der Waals surface area contributed by atoms with Crippen LogP contribution in [0.4, 0.5) is 5.69 Å². The number of aromatic nitrogens is 1. The SMILES string of the molecule is CCCC(O)c1ccn(Cc2cccc([N+](=O)[O-])c2Br)c1. The van der Waals surface area contributed by atoms with Gasteiger partial charge in [-0.25, -0.2) is 0 Å². The number of nitro groups is 1. The van der Waals surface area contributed by atoms with Crippen LogP contribution < -0.4 is 0 Å². The average molecular weight is 353 g/mol. The normalized spacial score (nSPS) is 12.3. The molecule has 5 nitrogen and oxygen atoms in total. The highest BCUT2D eigenvalue weighted by atomic mass is 79.9. The van der Waals surface area contributed by atoms with E-state index >= 15 is 0 Å². The zero-order valence-electron chi connectivity index (χ0n) is 11.7. The zero-order valence-corrected chi connectivity index (χ0v) is 13.3. The Kier molecular flexibility index (Phi) is 5.14. The molecule has 0 bridgehead atoms. The summed E-state index contributed by atoms with van der Waals surface area (Å²) in [5.41, 5.74) is 1.76. The lowest BCUT2D eigenvalue weighted by atomic mass is 10.1. The van der Waals surface area contributed by atoms with Crippen LogP contribution in [0.5, 0.6) is 0 Å². The molecule has 1 heterocycles. The Morgan fingerprint density at radius 1 is 1.43 bits per heavy atom. The van der Waals surface area contributed by atoms with Crippen molar-refractivity contribution in [2.45, 2.75) is 32.4 Å². The lowest BCUT2D eigenvalue weighted by Gasteiger charge is -2.08. The van der Waals surface area contributed by atoms with Crippen molar-refractivity contribution in [1.29, 1.82) is 0 Å². The van der Waals surface area contributed by atoms with Crippen molar-refractivity contribution in [3.8, 4) is 0 Å². The molecule has 2 rings (SSSR count). The Balaban J connectivity index is 2.19. The third-order valence-electron chi connectivity index (χ3n) is 3.33. The lowest BCUT2D eigenvalue weighted by molar-refractivity contribution is -0.385. The van der Waals surface area contributed by atoms with E-state index in [1.165, 1.54) is 6.07 Å². The van der Waals surface area contributed by atoms with Crippen molar-refractivity contribution >= 4 is 21.6 Å². The van der Waals surface area contributed by atoms with E-state index in [9.17, 15) is 15.2 Å². The van der Waals surface area contributed by atoms with E-state index in [4.69, 9.17) is 0 Å². The minimum absolute atomic E-state index is 0.0610. The van der Waals surface area contributed by atoms with Gasteiger partial charge >= 0.3 is 0 Å². The second-order valence-electron chi connectivity index (χ2n) is 4.93. The molecular formula is C15H17BrN2O3. The van der Waals surface area contributed by atoms with Crippen LogP contribution in [0.3, 0.4) is 0 Å². The Hall–Kier alpha value is -1.66. The molecule has 0 aliphatic carbocycles. The fraction of sp³-hybridized carbons (Fsp3) is 0.333. The third-order valence-corrected chi connectivity index (χ3v) is 4.24. The minimum atomic E-state index is -0.454. The molecule has 1 unspecified atom stereocenters. The summed E-state index contributed by atoms with van der Waals surface area (Å²) in [6, 6.07) is 6.87. The van der Waals surface area contributed by atoms with Crippen molar-refractivity contribution in [3.05, 3.63) is 62.4 Å². The Labute approximate surface area is 131 Å². The number of aliphatic hydroxyl groups excluding tert-OH is 1. The molecule has 1 atom stereocenters. The number of benzene rings is 1. The zero-order chi connectivity index (χ0) is 15.4. The van der Waals surface area contributed by atoms with Gasteiger partial charge in [-0.2, -0.15) is 0 Å². The van der Waals surface area contributed by atoms with Crippen LogP contribution in [-0.2, 0) is 6.54 Å². The van der Waals surface area contributed by atoms with E-state index in [2.05, 4.69) is 15.9 Å². The molecule has 0 saturated heterocycles. The summed E-state index contributed by atoms with van der Waals surface area (Å²) in [5, 5.41) is 20.9. The van der Waals surface area contributed by atoms with Gasteiger partial charge in [0.05, 0.1) is 11.0 Å². The molecule has 0 aliphatic rings. The van der Waals surface area contributed by atoms with Gasteiger partial charge in [0.25, 0.3) is 5.69 Å². The maximum Gasteiger partial charge on any atom is 0.283 e. The van der Waals surface area contributed by atoms with Crippen molar-refractivity contribution in [1.82, 2.24) is 4.57 Å². The van der Waals surface area contributed by atoms with Crippen LogP contribution in [0.2, 0.25) is 0 Å². The molecule has 0 radical (unpaired) electrons. The number of nitro benzene ring substituents is 1. The first-order valence-corrected chi connectivity index (χ1v) is 7.57. The second kappa shape index (κ2) is 6.87. The monoisotopic (exact) mass is 352 g/mol. The van der Waals surface area contributed by atoms with Gasteiger partial charge in [-0.3, -0.25) is 10.1 Å². The van der Waals surface area contributed by atoms with Gasteiger partial charge in [-0.1, -0.05) is 25.5 Å². The Bertz CT molecular complexity index is 640. The smallest absolute Gasteiger partial charge is 0.283 e. The number of rotatable bonds is 6. The summed E-state index contributed by atoms with van der Waals surface area (Å²) >= 11 is 3.30. The molecule has 0 amide bonds. The molecule has 1 N–H and O–H groups in total. The highest BCUT2D eigenvalue weighted by Gasteiger charge is 2.15. The van der Waals surface area contributed by atoms with Crippen LogP contribution in [-0.4, -0.2) is 14.6 Å². The van der Waals surface area contributed by atoms with E-state index in [0.717, 1.165) is 24.0 Å². The number of nitrogens with zero attached hydrogens (tertiary/aromatic N) is 2. The van der Waals surface area contributed by atoms with Gasteiger partial charge in [-0.15, -0.1) is 0 Å². The summed E-state index contributed by atoms with van der Waals surface area (Å²) in [6.07, 6.45) is 4.95. The van der Waals surface area contributed by atoms with Crippen molar-refractivity contribution in [3.63, 3.8) is 0 Å². The van der Waals surface area contributed by atoms with Gasteiger partial charge < -0.3 is 9.67 Å². The molecular weight excluding hydrogens is 336 g/mol. The molecule has 112 valence electrons. The van der Waals surface area contributed by atoms with Gasteiger partial charge in [0, 0.05) is 25.0 Å². The van der Waals surface area contributed by atoms with E-state index in [1.54, 1.807) is 6.07 Å². The predicted molar refractivity (Wildman–Crippen MR) is 84.2 cm³/mol. The molecule has 21 heavy (non-hydrogen) atoms. The number of hydrogen-bond acceptors (Lipinski definition) is 3. The van der Waals surface area contributed by atoms with Crippen molar-refractivity contribution in [2.75, 3.05) is 0 Å². The lowest BCUT2D eigenvalue weighted by Crippen LogP contribution is -2.00. The van der Waals surface area contributed by atoms with Crippen molar-refractivity contribution < 1.29 is 10.0 Å². The van der Waals surface area contributed by atoms with Crippen LogP contribution in [0, 0.1) is 10.1 Å². The molecule has 0 aliphatic heterocycles. The molecule has 0 spiro atoms. The molecule has 6 heteroatoms. The maximum atomic E-state index is 10.9.